The third-order valence-electron chi connectivity index (χ3n) is 4.75. The van der Waals surface area contributed by atoms with Crippen molar-refractivity contribution < 1.29 is 4.79 Å². The first-order valence-electron chi connectivity index (χ1n) is 7.82. The monoisotopic (exact) mass is 278 g/mol. The first-order valence-corrected chi connectivity index (χ1v) is 7.82. The standard InChI is InChI=1S/C20H22O/c1-14-7-5-8-15(2)19(14)13-20(21)18-12-6-10-16-9-3-4-11-17(16)18/h3-5,7-9,11,18H,6,10,12-13H2,1-2H3. The van der Waals surface area contributed by atoms with Crippen molar-refractivity contribution >= 4 is 5.78 Å². The molecule has 21 heavy (non-hydrogen) atoms. The van der Waals surface area contributed by atoms with Crippen LogP contribution < -0.4 is 0 Å². The van der Waals surface area contributed by atoms with Crippen LogP contribution >= 0.6 is 0 Å². The minimum absolute atomic E-state index is 0.0916. The van der Waals surface area contributed by atoms with E-state index in [9.17, 15) is 4.79 Å². The molecule has 1 aliphatic carbocycles. The number of carbonyl (C=O) groups excluding carboxylic acids is 1. The van der Waals surface area contributed by atoms with Crippen LogP contribution in [0.3, 0.4) is 0 Å². The van der Waals surface area contributed by atoms with E-state index in [4.69, 9.17) is 0 Å². The van der Waals surface area contributed by atoms with Crippen molar-refractivity contribution in [1.82, 2.24) is 0 Å². The Morgan fingerprint density at radius 1 is 1.05 bits per heavy atom. The maximum Gasteiger partial charge on any atom is 0.144 e. The van der Waals surface area contributed by atoms with E-state index in [2.05, 4.69) is 56.3 Å². The number of carbonyl (C=O) groups is 1. The fourth-order valence-corrected chi connectivity index (χ4v) is 3.51. The van der Waals surface area contributed by atoms with Crippen molar-refractivity contribution in [2.75, 3.05) is 0 Å². The second kappa shape index (κ2) is 5.85. The summed E-state index contributed by atoms with van der Waals surface area (Å²) in [6.07, 6.45) is 3.81. The van der Waals surface area contributed by atoms with Crippen LogP contribution in [0.1, 0.15) is 46.6 Å². The highest BCUT2D eigenvalue weighted by atomic mass is 16.1. The number of benzene rings is 2. The van der Waals surface area contributed by atoms with Gasteiger partial charge in [-0.25, -0.2) is 0 Å². The maximum absolute atomic E-state index is 12.8. The lowest BCUT2D eigenvalue weighted by atomic mass is 9.78. The minimum Gasteiger partial charge on any atom is -0.299 e. The van der Waals surface area contributed by atoms with Gasteiger partial charge >= 0.3 is 0 Å². The molecule has 0 spiro atoms. The highest BCUT2D eigenvalue weighted by molar-refractivity contribution is 5.88. The van der Waals surface area contributed by atoms with Gasteiger partial charge in [0.25, 0.3) is 0 Å². The number of hydrogen-bond acceptors (Lipinski definition) is 1. The second-order valence-electron chi connectivity index (χ2n) is 6.16. The molecule has 1 nitrogen and oxygen atoms in total. The lowest BCUT2D eigenvalue weighted by molar-refractivity contribution is -0.120. The van der Waals surface area contributed by atoms with Gasteiger partial charge in [-0.05, 0) is 60.9 Å². The average Bonchev–Trinajstić information content (AvgIpc) is 2.50. The normalized spacial score (nSPS) is 17.3. The number of hydrogen-bond donors (Lipinski definition) is 0. The molecule has 0 saturated carbocycles. The first-order chi connectivity index (χ1) is 10.2. The van der Waals surface area contributed by atoms with Gasteiger partial charge in [-0.15, -0.1) is 0 Å². The lowest BCUT2D eigenvalue weighted by Crippen LogP contribution is -2.20. The van der Waals surface area contributed by atoms with Crippen LogP contribution in [-0.4, -0.2) is 5.78 Å². The molecule has 0 heterocycles. The third kappa shape index (κ3) is 2.78. The van der Waals surface area contributed by atoms with Crippen LogP contribution in [0.5, 0.6) is 0 Å². The molecule has 0 aliphatic heterocycles. The van der Waals surface area contributed by atoms with Crippen molar-refractivity contribution in [2.45, 2.75) is 45.4 Å². The van der Waals surface area contributed by atoms with Crippen LogP contribution in [0.15, 0.2) is 42.5 Å². The molecule has 2 aromatic rings. The molecule has 1 atom stereocenters. The molecule has 1 aliphatic rings. The molecule has 1 heteroatoms. The topological polar surface area (TPSA) is 17.1 Å². The summed E-state index contributed by atoms with van der Waals surface area (Å²) in [6.45, 7) is 4.20. The average molecular weight is 278 g/mol. The van der Waals surface area contributed by atoms with E-state index in [1.807, 2.05) is 0 Å². The summed E-state index contributed by atoms with van der Waals surface area (Å²) in [4.78, 5) is 12.8. The summed E-state index contributed by atoms with van der Waals surface area (Å²) in [7, 11) is 0. The molecular weight excluding hydrogens is 256 g/mol. The minimum atomic E-state index is 0.0916. The fourth-order valence-electron chi connectivity index (χ4n) is 3.51. The van der Waals surface area contributed by atoms with E-state index in [1.54, 1.807) is 0 Å². The first kappa shape index (κ1) is 14.1. The highest BCUT2D eigenvalue weighted by Gasteiger charge is 2.26. The van der Waals surface area contributed by atoms with Gasteiger partial charge in [0.1, 0.15) is 5.78 Å². The van der Waals surface area contributed by atoms with Crippen LogP contribution in [-0.2, 0) is 17.6 Å². The van der Waals surface area contributed by atoms with Crippen molar-refractivity contribution in [1.29, 1.82) is 0 Å². The molecule has 0 fully saturated rings. The van der Waals surface area contributed by atoms with Gasteiger partial charge in [0.05, 0.1) is 0 Å². The summed E-state index contributed by atoms with van der Waals surface area (Å²) < 4.78 is 0. The Bertz CT molecular complexity index is 649. The van der Waals surface area contributed by atoms with E-state index >= 15 is 0 Å². The predicted octanol–water partition coefficient (Wildman–Crippen LogP) is 4.54. The second-order valence-corrected chi connectivity index (χ2v) is 6.16. The predicted molar refractivity (Wildman–Crippen MR) is 86.7 cm³/mol. The van der Waals surface area contributed by atoms with Crippen LogP contribution in [0.2, 0.25) is 0 Å². The Morgan fingerprint density at radius 3 is 2.52 bits per heavy atom. The van der Waals surface area contributed by atoms with E-state index in [-0.39, 0.29) is 5.92 Å². The quantitative estimate of drug-likeness (QED) is 0.806. The maximum atomic E-state index is 12.8. The van der Waals surface area contributed by atoms with E-state index < -0.39 is 0 Å². The van der Waals surface area contributed by atoms with Crippen LogP contribution in [0, 0.1) is 13.8 Å². The molecule has 0 amide bonds. The summed E-state index contributed by atoms with van der Waals surface area (Å²) in [5.41, 5.74) is 6.30. The van der Waals surface area contributed by atoms with Gasteiger partial charge < -0.3 is 0 Å². The van der Waals surface area contributed by atoms with Gasteiger partial charge in [0, 0.05) is 12.3 Å². The van der Waals surface area contributed by atoms with E-state index in [1.165, 1.54) is 27.8 Å². The number of ketones is 1. The molecule has 0 saturated heterocycles. The molecule has 3 rings (SSSR count). The smallest absolute Gasteiger partial charge is 0.144 e. The lowest BCUT2D eigenvalue weighted by Gasteiger charge is -2.25. The largest absolute Gasteiger partial charge is 0.299 e. The molecule has 0 radical (unpaired) electrons. The van der Waals surface area contributed by atoms with Crippen molar-refractivity contribution in [3.63, 3.8) is 0 Å². The van der Waals surface area contributed by atoms with Crippen molar-refractivity contribution in [3.8, 4) is 0 Å². The molecule has 108 valence electrons. The summed E-state index contributed by atoms with van der Waals surface area (Å²) in [6, 6.07) is 14.7. The molecule has 0 N–H and O–H groups in total. The molecule has 1 unspecified atom stereocenters. The van der Waals surface area contributed by atoms with E-state index in [0.717, 1.165) is 19.3 Å². The van der Waals surface area contributed by atoms with E-state index in [0.29, 0.717) is 12.2 Å². The molecule has 2 aromatic carbocycles. The fraction of sp³-hybridized carbons (Fsp3) is 0.350. The van der Waals surface area contributed by atoms with Crippen molar-refractivity contribution in [2.24, 2.45) is 0 Å². The zero-order valence-electron chi connectivity index (χ0n) is 12.9. The third-order valence-corrected chi connectivity index (χ3v) is 4.75. The Morgan fingerprint density at radius 2 is 1.76 bits per heavy atom. The van der Waals surface area contributed by atoms with Gasteiger partial charge in [-0.3, -0.25) is 4.79 Å². The van der Waals surface area contributed by atoms with Gasteiger partial charge in [0.15, 0.2) is 0 Å². The number of rotatable bonds is 3. The Hall–Kier alpha value is -1.89. The van der Waals surface area contributed by atoms with Gasteiger partial charge in [0.2, 0.25) is 0 Å². The van der Waals surface area contributed by atoms with Crippen LogP contribution in [0.4, 0.5) is 0 Å². The molecule has 0 bridgehead atoms. The summed E-state index contributed by atoms with van der Waals surface area (Å²) in [5, 5.41) is 0. The van der Waals surface area contributed by atoms with Crippen LogP contribution in [0.25, 0.3) is 0 Å². The Kier molecular flexibility index (Phi) is 3.92. The number of fused-ring (bicyclic) bond motifs is 1. The summed E-state index contributed by atoms with van der Waals surface area (Å²) in [5.74, 6) is 0.466. The summed E-state index contributed by atoms with van der Waals surface area (Å²) >= 11 is 0. The number of aryl methyl sites for hydroxylation is 3. The van der Waals surface area contributed by atoms with Gasteiger partial charge in [-0.1, -0.05) is 42.5 Å². The number of Topliss-reactive ketones (excluding diaryl/α,β-unsaturated/α-hetero) is 1. The van der Waals surface area contributed by atoms with Gasteiger partial charge in [-0.2, -0.15) is 0 Å². The zero-order valence-corrected chi connectivity index (χ0v) is 12.9. The zero-order chi connectivity index (χ0) is 14.8. The SMILES string of the molecule is Cc1cccc(C)c1CC(=O)C1CCCc2ccccc21. The molecular formula is C20H22O. The molecule has 0 aromatic heterocycles. The Labute approximate surface area is 127 Å². The highest BCUT2D eigenvalue weighted by Crippen LogP contribution is 2.33. The van der Waals surface area contributed by atoms with Crippen molar-refractivity contribution in [3.05, 3.63) is 70.3 Å². The Balaban J connectivity index is 1.87.